The number of nitrogens with one attached hydrogen (secondary N) is 1. The van der Waals surface area contributed by atoms with Crippen LogP contribution in [0.1, 0.15) is 25.0 Å². The zero-order chi connectivity index (χ0) is 18.2. The van der Waals surface area contributed by atoms with Gasteiger partial charge < -0.3 is 10.2 Å². The van der Waals surface area contributed by atoms with Crippen molar-refractivity contribution in [3.63, 3.8) is 0 Å². The number of aromatic nitrogens is 2. The second-order valence-electron chi connectivity index (χ2n) is 5.94. The predicted octanol–water partition coefficient (Wildman–Crippen LogP) is 4.62. The van der Waals surface area contributed by atoms with E-state index in [1.165, 1.54) is 0 Å². The van der Waals surface area contributed by atoms with Crippen molar-refractivity contribution < 1.29 is 17.6 Å². The van der Waals surface area contributed by atoms with Crippen LogP contribution in [-0.4, -0.2) is 22.6 Å². The Balaban J connectivity index is 1.95. The number of nitrogens with zero attached hydrogens (tertiary/aromatic N) is 3. The van der Waals surface area contributed by atoms with Gasteiger partial charge in [-0.05, 0) is 32.0 Å². The third-order valence-corrected chi connectivity index (χ3v) is 3.83. The van der Waals surface area contributed by atoms with Gasteiger partial charge in [-0.3, -0.25) is 0 Å². The van der Waals surface area contributed by atoms with Gasteiger partial charge in [0, 0.05) is 24.3 Å². The minimum absolute atomic E-state index is 0.0397. The maximum Gasteiger partial charge on any atom is 0.416 e. The largest absolute Gasteiger partial charge is 0.416 e. The van der Waals surface area contributed by atoms with Crippen LogP contribution in [0.25, 0.3) is 6.08 Å². The van der Waals surface area contributed by atoms with Gasteiger partial charge in [-0.25, -0.2) is 9.37 Å². The summed E-state index contributed by atoms with van der Waals surface area (Å²) in [4.78, 5) is 10.4. The minimum atomic E-state index is -4.56. The zero-order valence-corrected chi connectivity index (χ0v) is 13.6. The van der Waals surface area contributed by atoms with Crippen LogP contribution >= 0.6 is 0 Å². The van der Waals surface area contributed by atoms with E-state index < -0.39 is 17.6 Å². The second-order valence-corrected chi connectivity index (χ2v) is 5.94. The van der Waals surface area contributed by atoms with Crippen LogP contribution in [0.2, 0.25) is 0 Å². The lowest BCUT2D eigenvalue weighted by Gasteiger charge is -2.30. The summed E-state index contributed by atoms with van der Waals surface area (Å²) in [5.41, 5.74) is -0.465. The molecule has 25 heavy (non-hydrogen) atoms. The van der Waals surface area contributed by atoms with Gasteiger partial charge in [0.05, 0.1) is 11.3 Å². The number of halogens is 4. The van der Waals surface area contributed by atoms with Gasteiger partial charge >= 0.3 is 6.18 Å². The van der Waals surface area contributed by atoms with Crippen molar-refractivity contribution in [2.45, 2.75) is 26.1 Å². The third kappa shape index (κ3) is 3.57. The van der Waals surface area contributed by atoms with Crippen LogP contribution < -0.4 is 10.2 Å². The maximum atomic E-state index is 13.9. The van der Waals surface area contributed by atoms with Gasteiger partial charge in [-0.15, -0.1) is 0 Å². The van der Waals surface area contributed by atoms with E-state index in [-0.39, 0.29) is 17.7 Å². The van der Waals surface area contributed by atoms with Crippen LogP contribution in [0, 0.1) is 5.82 Å². The van der Waals surface area contributed by atoms with E-state index in [0.717, 1.165) is 11.6 Å². The maximum absolute atomic E-state index is 13.9. The van der Waals surface area contributed by atoms with Gasteiger partial charge in [0.1, 0.15) is 11.6 Å². The molecule has 3 rings (SSSR count). The first-order chi connectivity index (χ1) is 11.8. The minimum Gasteiger partial charge on any atom is -0.350 e. The fourth-order valence-corrected chi connectivity index (χ4v) is 2.54. The number of fused-ring (bicyclic) bond motifs is 1. The Morgan fingerprint density at radius 3 is 2.68 bits per heavy atom. The molecule has 0 unspecified atom stereocenters. The molecule has 132 valence electrons. The van der Waals surface area contributed by atoms with Crippen molar-refractivity contribution in [1.82, 2.24) is 9.97 Å². The van der Waals surface area contributed by atoms with E-state index in [1.54, 1.807) is 6.20 Å². The summed E-state index contributed by atoms with van der Waals surface area (Å²) in [6, 6.07) is 2.35. The van der Waals surface area contributed by atoms with Gasteiger partial charge in [0.2, 0.25) is 5.95 Å². The SMILES string of the molecule is CC(C)N1CC=Cc2cnc(Nc3cc(C(F)(F)F)ccc3F)nc21. The summed E-state index contributed by atoms with van der Waals surface area (Å²) in [5, 5.41) is 2.55. The number of hydrogen-bond acceptors (Lipinski definition) is 4. The van der Waals surface area contributed by atoms with Gasteiger partial charge in [-0.2, -0.15) is 18.2 Å². The molecule has 0 radical (unpaired) electrons. The molecule has 4 nitrogen and oxygen atoms in total. The number of hydrogen-bond donors (Lipinski definition) is 1. The van der Waals surface area contributed by atoms with Crippen LogP contribution in [0.4, 0.5) is 35.0 Å². The van der Waals surface area contributed by atoms with E-state index in [9.17, 15) is 17.6 Å². The first kappa shape index (κ1) is 17.2. The molecule has 1 aromatic heterocycles. The van der Waals surface area contributed by atoms with Crippen LogP contribution in [-0.2, 0) is 6.18 Å². The van der Waals surface area contributed by atoms with Crippen molar-refractivity contribution in [2.75, 3.05) is 16.8 Å². The van der Waals surface area contributed by atoms with Crippen LogP contribution in [0.3, 0.4) is 0 Å². The van der Waals surface area contributed by atoms with Gasteiger partial charge in [0.25, 0.3) is 0 Å². The molecular weight excluding hydrogens is 336 g/mol. The highest BCUT2D eigenvalue weighted by Crippen LogP contribution is 2.33. The number of rotatable bonds is 3. The molecule has 0 saturated carbocycles. The van der Waals surface area contributed by atoms with E-state index in [1.807, 2.05) is 30.9 Å². The van der Waals surface area contributed by atoms with Gasteiger partial charge in [-0.1, -0.05) is 12.2 Å². The summed E-state index contributed by atoms with van der Waals surface area (Å²) < 4.78 is 52.3. The molecule has 0 amide bonds. The molecule has 2 aromatic rings. The standard InChI is InChI=1S/C17H16F4N4/c1-10(2)25-7-3-4-11-9-22-16(24-15(11)25)23-14-8-12(17(19,20)21)5-6-13(14)18/h3-6,8-10H,7H2,1-2H3,(H,22,23,24). The molecular formula is C17H16F4N4. The molecule has 1 aromatic carbocycles. The Kier molecular flexibility index (Phi) is 4.36. The number of anilines is 3. The van der Waals surface area contributed by atoms with Crippen molar-refractivity contribution in [3.8, 4) is 0 Å². The molecule has 2 heterocycles. The van der Waals surface area contributed by atoms with Crippen LogP contribution in [0.15, 0.2) is 30.5 Å². The molecule has 0 saturated heterocycles. The van der Waals surface area contributed by atoms with E-state index in [2.05, 4.69) is 15.3 Å². The molecule has 1 aliphatic heterocycles. The Morgan fingerprint density at radius 1 is 1.24 bits per heavy atom. The van der Waals surface area contributed by atoms with E-state index >= 15 is 0 Å². The van der Waals surface area contributed by atoms with E-state index in [4.69, 9.17) is 0 Å². The fraction of sp³-hybridized carbons (Fsp3) is 0.294. The molecule has 0 aliphatic carbocycles. The lowest BCUT2D eigenvalue weighted by Crippen LogP contribution is -2.33. The normalized spacial score (nSPS) is 14.0. The van der Waals surface area contributed by atoms with Crippen molar-refractivity contribution in [2.24, 2.45) is 0 Å². The molecule has 0 atom stereocenters. The summed E-state index contributed by atoms with van der Waals surface area (Å²) >= 11 is 0. The Labute approximate surface area is 142 Å². The summed E-state index contributed by atoms with van der Waals surface area (Å²) in [6.45, 7) is 4.67. The quantitative estimate of drug-likeness (QED) is 0.819. The lowest BCUT2D eigenvalue weighted by atomic mass is 10.1. The molecule has 1 aliphatic rings. The van der Waals surface area contributed by atoms with Crippen molar-refractivity contribution >= 4 is 23.5 Å². The topological polar surface area (TPSA) is 41.1 Å². The second kappa shape index (κ2) is 6.34. The molecule has 0 fully saturated rings. The van der Waals surface area contributed by atoms with E-state index in [0.29, 0.717) is 24.5 Å². The van der Waals surface area contributed by atoms with Crippen molar-refractivity contribution in [3.05, 3.63) is 47.4 Å². The highest BCUT2D eigenvalue weighted by molar-refractivity contribution is 5.69. The summed E-state index contributed by atoms with van der Waals surface area (Å²) in [5.74, 6) is -0.116. The average Bonchev–Trinajstić information content (AvgIpc) is 2.55. The molecule has 8 heteroatoms. The van der Waals surface area contributed by atoms with Crippen molar-refractivity contribution in [1.29, 1.82) is 0 Å². The number of alkyl halides is 3. The monoisotopic (exact) mass is 352 g/mol. The van der Waals surface area contributed by atoms with Crippen LogP contribution in [0.5, 0.6) is 0 Å². The first-order valence-corrected chi connectivity index (χ1v) is 7.69. The molecule has 0 bridgehead atoms. The summed E-state index contributed by atoms with van der Waals surface area (Å²) in [6.07, 6.45) is 0.857. The smallest absolute Gasteiger partial charge is 0.350 e. The zero-order valence-electron chi connectivity index (χ0n) is 13.6. The summed E-state index contributed by atoms with van der Waals surface area (Å²) in [7, 11) is 0. The molecule has 0 spiro atoms. The third-order valence-electron chi connectivity index (χ3n) is 3.83. The molecule has 1 N–H and O–H groups in total. The fourth-order valence-electron chi connectivity index (χ4n) is 2.54. The average molecular weight is 352 g/mol. The van der Waals surface area contributed by atoms with Gasteiger partial charge in [0.15, 0.2) is 0 Å². The lowest BCUT2D eigenvalue weighted by molar-refractivity contribution is -0.137. The Hall–Kier alpha value is -2.64. The highest BCUT2D eigenvalue weighted by atomic mass is 19.4. The highest BCUT2D eigenvalue weighted by Gasteiger charge is 2.31. The Morgan fingerprint density at radius 2 is 2.00 bits per heavy atom. The Bertz CT molecular complexity index is 815. The number of benzene rings is 1. The first-order valence-electron chi connectivity index (χ1n) is 7.69. The predicted molar refractivity (Wildman–Crippen MR) is 88.2 cm³/mol.